The van der Waals surface area contributed by atoms with E-state index < -0.39 is 0 Å². The van der Waals surface area contributed by atoms with Crippen LogP contribution in [0.5, 0.6) is 5.75 Å². The van der Waals surface area contributed by atoms with Gasteiger partial charge in [0, 0.05) is 19.0 Å². The summed E-state index contributed by atoms with van der Waals surface area (Å²) in [5, 5.41) is 3.58. The second-order valence-corrected chi connectivity index (χ2v) is 5.71. The summed E-state index contributed by atoms with van der Waals surface area (Å²) in [6.07, 6.45) is 0. The monoisotopic (exact) mass is 339 g/mol. The van der Waals surface area contributed by atoms with Crippen molar-refractivity contribution < 1.29 is 18.7 Å². The molecule has 0 saturated heterocycles. The van der Waals surface area contributed by atoms with Crippen LogP contribution in [0.15, 0.2) is 52.9 Å². The van der Waals surface area contributed by atoms with Gasteiger partial charge in [0.05, 0.1) is 12.2 Å². The maximum Gasteiger partial charge on any atom is 0.255 e. The molecular weight excluding hydrogens is 318 g/mol. The Balaban J connectivity index is 1.80. The van der Waals surface area contributed by atoms with E-state index in [0.717, 1.165) is 10.9 Å². The van der Waals surface area contributed by atoms with E-state index in [4.69, 9.17) is 13.9 Å². The van der Waals surface area contributed by atoms with Gasteiger partial charge in [-0.3, -0.25) is 4.79 Å². The predicted octanol–water partition coefficient (Wildman–Crippen LogP) is 3.70. The molecule has 0 bridgehead atoms. The van der Waals surface area contributed by atoms with Crippen LogP contribution in [-0.2, 0) is 11.3 Å². The molecule has 25 heavy (non-hydrogen) atoms. The smallest absolute Gasteiger partial charge is 0.255 e. The molecule has 2 aromatic carbocycles. The lowest BCUT2D eigenvalue weighted by Gasteiger charge is -2.07. The first kappa shape index (κ1) is 17.0. The zero-order chi connectivity index (χ0) is 17.6. The topological polar surface area (TPSA) is 60.7 Å². The standard InChI is InChI=1S/C20H21NO4/c1-14-19(20(22)21-10-11-23-2)17-12-16(8-9-18(17)25-14)24-13-15-6-4-3-5-7-15/h3-9,12H,10-11,13H2,1-2H3,(H,21,22). The van der Waals surface area contributed by atoms with Crippen LogP contribution in [0.2, 0.25) is 0 Å². The van der Waals surface area contributed by atoms with Crippen molar-refractivity contribution in [3.63, 3.8) is 0 Å². The number of amides is 1. The van der Waals surface area contributed by atoms with Crippen LogP contribution in [0.1, 0.15) is 21.7 Å². The van der Waals surface area contributed by atoms with Gasteiger partial charge in [0.25, 0.3) is 5.91 Å². The van der Waals surface area contributed by atoms with Crippen molar-refractivity contribution in [2.75, 3.05) is 20.3 Å². The molecule has 1 aromatic heterocycles. The lowest BCUT2D eigenvalue weighted by Crippen LogP contribution is -2.27. The number of hydrogen-bond acceptors (Lipinski definition) is 4. The predicted molar refractivity (Wildman–Crippen MR) is 95.9 cm³/mol. The number of nitrogens with one attached hydrogen (secondary N) is 1. The summed E-state index contributed by atoms with van der Waals surface area (Å²) in [4.78, 5) is 12.4. The third-order valence-corrected chi connectivity index (χ3v) is 3.90. The van der Waals surface area contributed by atoms with Gasteiger partial charge in [-0.2, -0.15) is 0 Å². The van der Waals surface area contributed by atoms with Crippen LogP contribution < -0.4 is 10.1 Å². The highest BCUT2D eigenvalue weighted by atomic mass is 16.5. The molecule has 0 unspecified atom stereocenters. The van der Waals surface area contributed by atoms with E-state index in [1.54, 1.807) is 14.0 Å². The van der Waals surface area contributed by atoms with E-state index in [1.807, 2.05) is 48.5 Å². The molecule has 1 amide bonds. The number of carbonyl (C=O) groups excluding carboxylic acids is 1. The normalized spacial score (nSPS) is 10.8. The number of aryl methyl sites for hydroxylation is 1. The molecular formula is C20H21NO4. The number of methoxy groups -OCH3 is 1. The summed E-state index contributed by atoms with van der Waals surface area (Å²) >= 11 is 0. The van der Waals surface area contributed by atoms with Crippen molar-refractivity contribution in [3.05, 3.63) is 65.4 Å². The highest BCUT2D eigenvalue weighted by Gasteiger charge is 2.18. The molecule has 0 radical (unpaired) electrons. The van der Waals surface area contributed by atoms with Gasteiger partial charge in [-0.1, -0.05) is 30.3 Å². The minimum atomic E-state index is -0.173. The highest BCUT2D eigenvalue weighted by Crippen LogP contribution is 2.29. The summed E-state index contributed by atoms with van der Waals surface area (Å²) in [5.74, 6) is 1.11. The molecule has 3 rings (SSSR count). The van der Waals surface area contributed by atoms with E-state index in [1.165, 1.54) is 0 Å². The van der Waals surface area contributed by atoms with Gasteiger partial charge in [-0.05, 0) is 30.7 Å². The Morgan fingerprint density at radius 2 is 1.96 bits per heavy atom. The number of ether oxygens (including phenoxy) is 2. The first-order valence-electron chi connectivity index (χ1n) is 8.16. The quantitative estimate of drug-likeness (QED) is 0.667. The van der Waals surface area contributed by atoms with Crippen LogP contribution >= 0.6 is 0 Å². The summed E-state index contributed by atoms with van der Waals surface area (Å²) in [5.41, 5.74) is 2.29. The largest absolute Gasteiger partial charge is 0.489 e. The lowest BCUT2D eigenvalue weighted by atomic mass is 10.1. The molecule has 0 atom stereocenters. The molecule has 1 N–H and O–H groups in total. The molecule has 0 spiro atoms. The Hall–Kier alpha value is -2.79. The molecule has 5 heteroatoms. The van der Waals surface area contributed by atoms with Crippen LogP contribution in [0.4, 0.5) is 0 Å². The van der Waals surface area contributed by atoms with E-state index in [9.17, 15) is 4.79 Å². The maximum atomic E-state index is 12.4. The number of fused-ring (bicyclic) bond motifs is 1. The number of benzene rings is 2. The number of carbonyl (C=O) groups is 1. The minimum absolute atomic E-state index is 0.173. The van der Waals surface area contributed by atoms with Crippen molar-refractivity contribution >= 4 is 16.9 Å². The molecule has 3 aromatic rings. The molecule has 0 fully saturated rings. The molecule has 5 nitrogen and oxygen atoms in total. The molecule has 130 valence electrons. The first-order chi connectivity index (χ1) is 12.2. The average molecular weight is 339 g/mol. The Kier molecular flexibility index (Phi) is 5.36. The molecule has 0 aliphatic heterocycles. The van der Waals surface area contributed by atoms with Crippen LogP contribution in [0.3, 0.4) is 0 Å². The Morgan fingerprint density at radius 3 is 2.72 bits per heavy atom. The summed E-state index contributed by atoms with van der Waals surface area (Å²) in [7, 11) is 1.60. The van der Waals surface area contributed by atoms with Crippen LogP contribution in [0.25, 0.3) is 11.0 Å². The zero-order valence-electron chi connectivity index (χ0n) is 14.4. The number of furan rings is 1. The third-order valence-electron chi connectivity index (χ3n) is 3.90. The van der Waals surface area contributed by atoms with Gasteiger partial charge in [-0.25, -0.2) is 0 Å². The van der Waals surface area contributed by atoms with Gasteiger partial charge in [-0.15, -0.1) is 0 Å². The molecule has 1 heterocycles. The second-order valence-electron chi connectivity index (χ2n) is 5.71. The van der Waals surface area contributed by atoms with E-state index in [0.29, 0.717) is 42.4 Å². The lowest BCUT2D eigenvalue weighted by molar-refractivity contribution is 0.0937. The fourth-order valence-electron chi connectivity index (χ4n) is 2.67. The summed E-state index contributed by atoms with van der Waals surface area (Å²) in [6, 6.07) is 15.5. The fourth-order valence-corrected chi connectivity index (χ4v) is 2.67. The van der Waals surface area contributed by atoms with Gasteiger partial charge in [0.15, 0.2) is 0 Å². The minimum Gasteiger partial charge on any atom is -0.489 e. The second kappa shape index (κ2) is 7.85. The third kappa shape index (κ3) is 4.00. The van der Waals surface area contributed by atoms with Crippen molar-refractivity contribution in [2.24, 2.45) is 0 Å². The van der Waals surface area contributed by atoms with Gasteiger partial charge >= 0.3 is 0 Å². The zero-order valence-corrected chi connectivity index (χ0v) is 14.4. The van der Waals surface area contributed by atoms with E-state index in [-0.39, 0.29) is 5.91 Å². The van der Waals surface area contributed by atoms with Crippen molar-refractivity contribution in [1.29, 1.82) is 0 Å². The van der Waals surface area contributed by atoms with E-state index >= 15 is 0 Å². The Morgan fingerprint density at radius 1 is 1.16 bits per heavy atom. The van der Waals surface area contributed by atoms with Crippen molar-refractivity contribution in [1.82, 2.24) is 5.32 Å². The van der Waals surface area contributed by atoms with Crippen LogP contribution in [-0.4, -0.2) is 26.2 Å². The number of hydrogen-bond donors (Lipinski definition) is 1. The summed E-state index contributed by atoms with van der Waals surface area (Å²) in [6.45, 7) is 3.17. The first-order valence-corrected chi connectivity index (χ1v) is 8.16. The molecule has 0 saturated carbocycles. The highest BCUT2D eigenvalue weighted by molar-refractivity contribution is 6.07. The van der Waals surface area contributed by atoms with Crippen LogP contribution in [0, 0.1) is 6.92 Å². The van der Waals surface area contributed by atoms with Gasteiger partial charge in [0.2, 0.25) is 0 Å². The number of rotatable bonds is 7. The van der Waals surface area contributed by atoms with Crippen molar-refractivity contribution in [3.8, 4) is 5.75 Å². The van der Waals surface area contributed by atoms with Gasteiger partial charge < -0.3 is 19.2 Å². The molecule has 0 aliphatic rings. The summed E-state index contributed by atoms with van der Waals surface area (Å²) < 4.78 is 16.5. The Labute approximate surface area is 146 Å². The Bertz CT molecular complexity index is 855. The maximum absolute atomic E-state index is 12.4. The average Bonchev–Trinajstić information content (AvgIpc) is 2.96. The van der Waals surface area contributed by atoms with Crippen molar-refractivity contribution in [2.45, 2.75) is 13.5 Å². The van der Waals surface area contributed by atoms with E-state index in [2.05, 4.69) is 5.32 Å². The molecule has 0 aliphatic carbocycles. The SMILES string of the molecule is COCCNC(=O)c1c(C)oc2ccc(OCc3ccccc3)cc12. The van der Waals surface area contributed by atoms with Gasteiger partial charge in [0.1, 0.15) is 23.7 Å². The fraction of sp³-hybridized carbons (Fsp3) is 0.250.